The van der Waals surface area contributed by atoms with Crippen molar-refractivity contribution < 1.29 is 4.79 Å². The monoisotopic (exact) mass is 266 g/mol. The molecule has 2 N–H and O–H groups in total. The first kappa shape index (κ1) is 13.6. The molecule has 0 spiro atoms. The molecule has 0 saturated heterocycles. The second kappa shape index (κ2) is 6.34. The Bertz CT molecular complexity index is 390. The molecule has 0 aliphatic heterocycles. The maximum absolute atomic E-state index is 11.1. The van der Waals surface area contributed by atoms with Gasteiger partial charge in [0.2, 0.25) is 5.91 Å². The van der Waals surface area contributed by atoms with E-state index in [0.717, 1.165) is 6.54 Å². The van der Waals surface area contributed by atoms with Crippen LogP contribution in [0.3, 0.4) is 0 Å². The van der Waals surface area contributed by atoms with E-state index in [2.05, 4.69) is 23.6 Å². The van der Waals surface area contributed by atoms with E-state index >= 15 is 0 Å². The molecule has 3 nitrogen and oxygen atoms in total. The molecule has 1 aliphatic carbocycles. The van der Waals surface area contributed by atoms with Gasteiger partial charge in [-0.3, -0.25) is 4.79 Å². The lowest BCUT2D eigenvalue weighted by atomic mass is 9.99. The second-order valence-corrected chi connectivity index (χ2v) is 6.07. The van der Waals surface area contributed by atoms with E-state index in [4.69, 9.17) is 0 Å². The molecule has 1 atom stereocenters. The lowest BCUT2D eigenvalue weighted by molar-refractivity contribution is -0.120. The average molecular weight is 266 g/mol. The van der Waals surface area contributed by atoms with Crippen LogP contribution in [0, 0.1) is 0 Å². The maximum atomic E-state index is 11.1. The van der Waals surface area contributed by atoms with Crippen LogP contribution in [0.15, 0.2) is 6.07 Å². The summed E-state index contributed by atoms with van der Waals surface area (Å²) < 4.78 is 0. The van der Waals surface area contributed by atoms with Crippen molar-refractivity contribution in [3.63, 3.8) is 0 Å². The molecule has 2 rings (SSSR count). The van der Waals surface area contributed by atoms with Gasteiger partial charge in [0.05, 0.1) is 0 Å². The zero-order valence-electron chi connectivity index (χ0n) is 11.2. The number of thiophene rings is 1. The average Bonchev–Trinajstić information content (AvgIpc) is 2.82. The second-order valence-electron chi connectivity index (χ2n) is 4.90. The fraction of sp³-hybridized carbons (Fsp3) is 0.643. The number of hydrogen-bond donors (Lipinski definition) is 2. The zero-order valence-corrected chi connectivity index (χ0v) is 12.0. The molecule has 1 aromatic heterocycles. The number of amides is 1. The zero-order chi connectivity index (χ0) is 13.0. The minimum atomic E-state index is 0.0974. The van der Waals surface area contributed by atoms with Crippen molar-refractivity contribution in [2.24, 2.45) is 0 Å². The van der Waals surface area contributed by atoms with E-state index in [1.54, 1.807) is 17.5 Å². The number of nitrogens with one attached hydrogen (secondary N) is 2. The van der Waals surface area contributed by atoms with Crippen LogP contribution in [0.1, 0.15) is 47.5 Å². The molecule has 1 aromatic rings. The summed E-state index contributed by atoms with van der Waals surface area (Å²) in [6, 6.07) is 2.71. The number of rotatable bonds is 5. The number of hydrogen-bond acceptors (Lipinski definition) is 3. The minimum absolute atomic E-state index is 0.0974. The van der Waals surface area contributed by atoms with E-state index in [1.165, 1.54) is 30.6 Å². The molecule has 18 heavy (non-hydrogen) atoms. The van der Waals surface area contributed by atoms with Gasteiger partial charge < -0.3 is 10.6 Å². The normalized spacial score (nSPS) is 16.1. The van der Waals surface area contributed by atoms with Crippen LogP contribution in [0.2, 0.25) is 0 Å². The molecule has 1 unspecified atom stereocenters. The SMILES string of the molecule is CNC(=O)CCNC(C)c1cc2c(s1)CCCC2. The lowest BCUT2D eigenvalue weighted by Crippen LogP contribution is -2.26. The van der Waals surface area contributed by atoms with Crippen LogP contribution in [-0.2, 0) is 17.6 Å². The van der Waals surface area contributed by atoms with E-state index in [-0.39, 0.29) is 5.91 Å². The summed E-state index contributed by atoms with van der Waals surface area (Å²) >= 11 is 1.94. The lowest BCUT2D eigenvalue weighted by Gasteiger charge is -2.11. The largest absolute Gasteiger partial charge is 0.359 e. The Morgan fingerprint density at radius 2 is 2.22 bits per heavy atom. The molecule has 1 heterocycles. The van der Waals surface area contributed by atoms with E-state index in [9.17, 15) is 4.79 Å². The Labute approximate surface area is 113 Å². The molecular formula is C14H22N2OS. The highest BCUT2D eigenvalue weighted by atomic mass is 32.1. The third-order valence-electron chi connectivity index (χ3n) is 3.52. The summed E-state index contributed by atoms with van der Waals surface area (Å²) in [6.45, 7) is 2.92. The van der Waals surface area contributed by atoms with Crippen LogP contribution >= 0.6 is 11.3 Å². The number of carbonyl (C=O) groups excluding carboxylic acids is 1. The van der Waals surface area contributed by atoms with Crippen LogP contribution in [0.5, 0.6) is 0 Å². The van der Waals surface area contributed by atoms with Gasteiger partial charge in [0, 0.05) is 35.8 Å². The molecule has 1 aliphatic rings. The highest BCUT2D eigenvalue weighted by molar-refractivity contribution is 7.12. The molecule has 100 valence electrons. The standard InChI is InChI=1S/C14H22N2OS/c1-10(16-8-7-14(17)15-2)13-9-11-5-3-4-6-12(11)18-13/h9-10,16H,3-8H2,1-2H3,(H,15,17). The van der Waals surface area contributed by atoms with Crippen LogP contribution in [0.25, 0.3) is 0 Å². The number of aryl methyl sites for hydroxylation is 2. The highest BCUT2D eigenvalue weighted by Gasteiger charge is 2.16. The van der Waals surface area contributed by atoms with Crippen LogP contribution in [0.4, 0.5) is 0 Å². The third kappa shape index (κ3) is 3.33. The van der Waals surface area contributed by atoms with Crippen molar-refractivity contribution in [2.45, 2.75) is 45.1 Å². The van der Waals surface area contributed by atoms with Gasteiger partial charge in [-0.25, -0.2) is 0 Å². The van der Waals surface area contributed by atoms with Gasteiger partial charge in [0.15, 0.2) is 0 Å². The van der Waals surface area contributed by atoms with E-state index in [0.29, 0.717) is 12.5 Å². The Balaban J connectivity index is 1.86. The summed E-state index contributed by atoms with van der Waals surface area (Å²) in [5.74, 6) is 0.0974. The summed E-state index contributed by atoms with van der Waals surface area (Å²) in [4.78, 5) is 14.1. The Morgan fingerprint density at radius 3 is 2.94 bits per heavy atom. The highest BCUT2D eigenvalue weighted by Crippen LogP contribution is 2.32. The molecule has 4 heteroatoms. The smallest absolute Gasteiger partial charge is 0.221 e. The molecular weight excluding hydrogens is 244 g/mol. The predicted octanol–water partition coefficient (Wildman–Crippen LogP) is 2.41. The molecule has 0 radical (unpaired) electrons. The third-order valence-corrected chi connectivity index (χ3v) is 4.94. The van der Waals surface area contributed by atoms with Crippen molar-refractivity contribution in [3.8, 4) is 0 Å². The van der Waals surface area contributed by atoms with Gasteiger partial charge in [-0.15, -0.1) is 11.3 Å². The maximum Gasteiger partial charge on any atom is 0.221 e. The van der Waals surface area contributed by atoms with Gasteiger partial charge in [-0.05, 0) is 44.2 Å². The molecule has 0 fully saturated rings. The summed E-state index contributed by atoms with van der Waals surface area (Å²) in [5, 5.41) is 6.06. The fourth-order valence-corrected chi connectivity index (χ4v) is 3.64. The molecule has 0 bridgehead atoms. The Morgan fingerprint density at radius 1 is 1.44 bits per heavy atom. The first-order valence-electron chi connectivity index (χ1n) is 6.76. The minimum Gasteiger partial charge on any atom is -0.359 e. The molecule has 1 amide bonds. The first-order valence-corrected chi connectivity index (χ1v) is 7.58. The molecule has 0 saturated carbocycles. The summed E-state index contributed by atoms with van der Waals surface area (Å²) in [6.07, 6.45) is 5.72. The number of carbonyl (C=O) groups is 1. The fourth-order valence-electron chi connectivity index (χ4n) is 2.35. The van der Waals surface area contributed by atoms with Gasteiger partial charge in [-0.2, -0.15) is 0 Å². The number of fused-ring (bicyclic) bond motifs is 1. The van der Waals surface area contributed by atoms with Crippen molar-refractivity contribution in [3.05, 3.63) is 21.4 Å². The first-order chi connectivity index (χ1) is 8.70. The topological polar surface area (TPSA) is 41.1 Å². The van der Waals surface area contributed by atoms with Crippen molar-refractivity contribution in [1.82, 2.24) is 10.6 Å². The van der Waals surface area contributed by atoms with Gasteiger partial charge in [-0.1, -0.05) is 0 Å². The summed E-state index contributed by atoms with van der Waals surface area (Å²) in [5.41, 5.74) is 1.56. The Kier molecular flexibility index (Phi) is 4.78. The summed E-state index contributed by atoms with van der Waals surface area (Å²) in [7, 11) is 1.68. The predicted molar refractivity (Wildman–Crippen MR) is 76.1 cm³/mol. The van der Waals surface area contributed by atoms with Gasteiger partial charge in [0.25, 0.3) is 0 Å². The van der Waals surface area contributed by atoms with Crippen LogP contribution in [-0.4, -0.2) is 19.5 Å². The van der Waals surface area contributed by atoms with Crippen molar-refractivity contribution in [1.29, 1.82) is 0 Å². The van der Waals surface area contributed by atoms with Crippen molar-refractivity contribution >= 4 is 17.2 Å². The quantitative estimate of drug-likeness (QED) is 0.859. The van der Waals surface area contributed by atoms with E-state index in [1.807, 2.05) is 11.3 Å². The van der Waals surface area contributed by atoms with Gasteiger partial charge >= 0.3 is 0 Å². The van der Waals surface area contributed by atoms with E-state index < -0.39 is 0 Å². The van der Waals surface area contributed by atoms with Crippen LogP contribution < -0.4 is 10.6 Å². The molecule has 0 aromatic carbocycles. The van der Waals surface area contributed by atoms with Gasteiger partial charge in [0.1, 0.15) is 0 Å². The Hall–Kier alpha value is -0.870. The van der Waals surface area contributed by atoms with Crippen molar-refractivity contribution in [2.75, 3.05) is 13.6 Å².